The van der Waals surface area contributed by atoms with E-state index in [9.17, 15) is 14.4 Å². The molecule has 0 atom stereocenters. The van der Waals surface area contributed by atoms with Gasteiger partial charge < -0.3 is 10.1 Å². The lowest BCUT2D eigenvalue weighted by Gasteiger charge is -2.05. The van der Waals surface area contributed by atoms with Gasteiger partial charge in [0.1, 0.15) is 5.75 Å². The highest BCUT2D eigenvalue weighted by atomic mass is 16.5. The summed E-state index contributed by atoms with van der Waals surface area (Å²) in [6.45, 7) is 0. The summed E-state index contributed by atoms with van der Waals surface area (Å²) in [5.41, 5.74) is 4.99. The first-order valence-corrected chi connectivity index (χ1v) is 6.81. The van der Waals surface area contributed by atoms with E-state index in [0.29, 0.717) is 0 Å². The zero-order valence-electron chi connectivity index (χ0n) is 12.1. The Kier molecular flexibility index (Phi) is 5.13. The first-order valence-electron chi connectivity index (χ1n) is 6.81. The van der Waals surface area contributed by atoms with Crippen LogP contribution >= 0.6 is 0 Å². The zero-order valence-corrected chi connectivity index (χ0v) is 12.1. The van der Waals surface area contributed by atoms with E-state index >= 15 is 0 Å². The molecule has 3 amide bonds. The van der Waals surface area contributed by atoms with Crippen molar-refractivity contribution in [2.24, 2.45) is 0 Å². The normalized spacial score (nSPS) is 13.5. The first-order chi connectivity index (χ1) is 10.6. The van der Waals surface area contributed by atoms with E-state index in [-0.39, 0.29) is 6.04 Å². The van der Waals surface area contributed by atoms with Gasteiger partial charge in [-0.25, -0.2) is 0 Å². The Hall–Kier alpha value is -2.83. The van der Waals surface area contributed by atoms with Gasteiger partial charge in [-0.1, -0.05) is 12.1 Å². The van der Waals surface area contributed by atoms with Gasteiger partial charge in [-0.05, 0) is 36.6 Å². The van der Waals surface area contributed by atoms with Crippen LogP contribution in [-0.2, 0) is 14.4 Å². The second-order valence-electron chi connectivity index (χ2n) is 4.80. The highest BCUT2D eigenvalue weighted by molar-refractivity contribution is 6.35. The number of rotatable bonds is 4. The molecule has 1 aliphatic carbocycles. The largest absolute Gasteiger partial charge is 0.497 e. The molecule has 1 fully saturated rings. The smallest absolute Gasteiger partial charge is 0.327 e. The fourth-order valence-corrected chi connectivity index (χ4v) is 1.58. The zero-order chi connectivity index (χ0) is 15.9. The predicted molar refractivity (Wildman–Crippen MR) is 79.5 cm³/mol. The molecule has 0 heterocycles. The minimum Gasteiger partial charge on any atom is -0.497 e. The summed E-state index contributed by atoms with van der Waals surface area (Å²) in [4.78, 5) is 34.3. The fourth-order valence-electron chi connectivity index (χ4n) is 1.58. The molecule has 1 aliphatic rings. The molecule has 0 aromatic heterocycles. The summed E-state index contributed by atoms with van der Waals surface area (Å²) in [6, 6.07) is 7.18. The lowest BCUT2D eigenvalue weighted by atomic mass is 10.2. The van der Waals surface area contributed by atoms with Crippen LogP contribution in [-0.4, -0.2) is 30.9 Å². The van der Waals surface area contributed by atoms with Crippen molar-refractivity contribution < 1.29 is 19.1 Å². The van der Waals surface area contributed by atoms with Gasteiger partial charge >= 0.3 is 11.8 Å². The van der Waals surface area contributed by atoms with Crippen LogP contribution in [0.5, 0.6) is 5.75 Å². The number of carbonyl (C=O) groups is 3. The highest BCUT2D eigenvalue weighted by Gasteiger charge is 2.26. The lowest BCUT2D eigenvalue weighted by molar-refractivity contribution is -0.140. The Balaban J connectivity index is 1.75. The van der Waals surface area contributed by atoms with Crippen LogP contribution in [0.15, 0.2) is 30.3 Å². The second kappa shape index (κ2) is 7.26. The maximum absolute atomic E-state index is 11.5. The molecule has 0 aliphatic heterocycles. The third-order valence-corrected chi connectivity index (χ3v) is 2.96. The number of hydrazine groups is 1. The Morgan fingerprint density at radius 2 is 1.77 bits per heavy atom. The quantitative estimate of drug-likeness (QED) is 0.418. The summed E-state index contributed by atoms with van der Waals surface area (Å²) >= 11 is 0. The number of carbonyl (C=O) groups excluding carboxylic acids is 3. The first kappa shape index (κ1) is 15.6. The van der Waals surface area contributed by atoms with Gasteiger partial charge in [0.2, 0.25) is 0 Å². The molecule has 22 heavy (non-hydrogen) atoms. The number of ether oxygens (including phenoxy) is 1. The molecule has 7 heteroatoms. The summed E-state index contributed by atoms with van der Waals surface area (Å²) in [5, 5.41) is 2.51. The van der Waals surface area contributed by atoms with Crippen LogP contribution in [0.1, 0.15) is 18.4 Å². The van der Waals surface area contributed by atoms with Crippen LogP contribution in [0, 0.1) is 0 Å². The van der Waals surface area contributed by atoms with Crippen LogP contribution in [0.2, 0.25) is 0 Å². The van der Waals surface area contributed by atoms with E-state index in [2.05, 4.69) is 10.7 Å². The number of hydrogen-bond donors (Lipinski definition) is 3. The van der Waals surface area contributed by atoms with Crippen LogP contribution < -0.4 is 20.9 Å². The monoisotopic (exact) mass is 303 g/mol. The molecule has 1 saturated carbocycles. The Bertz CT molecular complexity index is 591. The molecule has 2 rings (SSSR count). The van der Waals surface area contributed by atoms with Gasteiger partial charge in [0.15, 0.2) is 0 Å². The summed E-state index contributed by atoms with van der Waals surface area (Å²) < 4.78 is 5.03. The van der Waals surface area contributed by atoms with E-state index in [1.165, 1.54) is 6.08 Å². The molecule has 1 aromatic carbocycles. The molecule has 7 nitrogen and oxygen atoms in total. The average Bonchev–Trinajstić information content (AvgIpc) is 3.34. The van der Waals surface area contributed by atoms with Crippen LogP contribution in [0.3, 0.4) is 0 Å². The Labute approximate surface area is 127 Å². The molecule has 0 spiro atoms. The van der Waals surface area contributed by atoms with E-state index in [1.54, 1.807) is 37.5 Å². The number of amides is 3. The van der Waals surface area contributed by atoms with Crippen molar-refractivity contribution in [3.05, 3.63) is 35.9 Å². The molecular formula is C15H17N3O4. The maximum atomic E-state index is 11.5. The van der Waals surface area contributed by atoms with E-state index in [0.717, 1.165) is 24.2 Å². The maximum Gasteiger partial charge on any atom is 0.327 e. The van der Waals surface area contributed by atoms with E-state index in [4.69, 9.17) is 4.74 Å². The fraction of sp³-hybridized carbons (Fsp3) is 0.267. The van der Waals surface area contributed by atoms with Gasteiger partial charge in [0, 0.05) is 12.1 Å². The van der Waals surface area contributed by atoms with Gasteiger partial charge in [-0.2, -0.15) is 0 Å². The molecule has 0 unspecified atom stereocenters. The molecule has 0 bridgehead atoms. The summed E-state index contributed by atoms with van der Waals surface area (Å²) in [5.74, 6) is -1.46. The van der Waals surface area contributed by atoms with Crippen molar-refractivity contribution in [1.82, 2.24) is 16.2 Å². The predicted octanol–water partition coefficient (Wildman–Crippen LogP) is 0.134. The minimum atomic E-state index is -0.891. The molecular weight excluding hydrogens is 286 g/mol. The van der Waals surface area contributed by atoms with Crippen LogP contribution in [0.25, 0.3) is 6.08 Å². The summed E-state index contributed by atoms with van der Waals surface area (Å²) in [6.07, 6.45) is 4.60. The standard InChI is InChI=1S/C15H17N3O4/c1-22-12-7-2-10(3-8-12)4-9-13(19)17-18-15(21)14(20)16-11-5-6-11/h2-4,7-9,11H,5-6H2,1H3,(H,16,20)(H,17,19)(H,18,21)/b9-4+. The molecule has 1 aromatic rings. The Morgan fingerprint density at radius 1 is 1.09 bits per heavy atom. The average molecular weight is 303 g/mol. The van der Waals surface area contributed by atoms with Gasteiger partial charge in [-0.3, -0.25) is 25.2 Å². The number of hydrogen-bond acceptors (Lipinski definition) is 4. The number of benzene rings is 1. The van der Waals surface area contributed by atoms with Gasteiger partial charge in [-0.15, -0.1) is 0 Å². The highest BCUT2D eigenvalue weighted by Crippen LogP contribution is 2.18. The summed E-state index contributed by atoms with van der Waals surface area (Å²) in [7, 11) is 1.57. The van der Waals surface area contributed by atoms with Crippen molar-refractivity contribution >= 4 is 23.8 Å². The van der Waals surface area contributed by atoms with E-state index < -0.39 is 17.7 Å². The topological polar surface area (TPSA) is 96.5 Å². The van der Waals surface area contributed by atoms with Crippen molar-refractivity contribution in [2.45, 2.75) is 18.9 Å². The molecule has 3 N–H and O–H groups in total. The Morgan fingerprint density at radius 3 is 2.36 bits per heavy atom. The number of methoxy groups -OCH3 is 1. The van der Waals surface area contributed by atoms with Crippen molar-refractivity contribution in [1.29, 1.82) is 0 Å². The third-order valence-electron chi connectivity index (χ3n) is 2.96. The van der Waals surface area contributed by atoms with Crippen molar-refractivity contribution in [3.8, 4) is 5.75 Å². The third kappa shape index (κ3) is 4.93. The molecule has 0 radical (unpaired) electrons. The van der Waals surface area contributed by atoms with Gasteiger partial charge in [0.05, 0.1) is 7.11 Å². The van der Waals surface area contributed by atoms with Crippen LogP contribution in [0.4, 0.5) is 0 Å². The number of nitrogens with one attached hydrogen (secondary N) is 3. The lowest BCUT2D eigenvalue weighted by Crippen LogP contribution is -2.48. The molecule has 116 valence electrons. The van der Waals surface area contributed by atoms with Crippen molar-refractivity contribution in [2.75, 3.05) is 7.11 Å². The minimum absolute atomic E-state index is 0.0870. The molecule has 0 saturated heterocycles. The van der Waals surface area contributed by atoms with Gasteiger partial charge in [0.25, 0.3) is 5.91 Å². The van der Waals surface area contributed by atoms with Crippen molar-refractivity contribution in [3.63, 3.8) is 0 Å². The second-order valence-corrected chi connectivity index (χ2v) is 4.80. The van der Waals surface area contributed by atoms with E-state index in [1.807, 2.05) is 5.43 Å². The SMILES string of the molecule is COc1ccc(/C=C/C(=O)NNC(=O)C(=O)NC2CC2)cc1.